The van der Waals surface area contributed by atoms with Crippen LogP contribution in [0.1, 0.15) is 54.9 Å². The largest absolute Gasteiger partial charge is 0.443 e. The third-order valence-corrected chi connectivity index (χ3v) is 8.43. The van der Waals surface area contributed by atoms with E-state index in [-0.39, 0.29) is 6.10 Å². The molecule has 0 spiro atoms. The molecule has 40 heavy (non-hydrogen) atoms. The lowest BCUT2D eigenvalue weighted by Crippen LogP contribution is -2.35. The van der Waals surface area contributed by atoms with E-state index in [1.807, 2.05) is 25.1 Å². The number of piperidine rings is 1. The summed E-state index contributed by atoms with van der Waals surface area (Å²) in [6, 6.07) is 13.7. The highest BCUT2D eigenvalue weighted by molar-refractivity contribution is 6.30. The number of imidazole rings is 1. The second kappa shape index (κ2) is 10.0. The number of halogens is 1. The number of likely N-dealkylation sites (tertiary alicyclic amines) is 1. The predicted molar refractivity (Wildman–Crippen MR) is 148 cm³/mol. The van der Waals surface area contributed by atoms with Gasteiger partial charge in [-0.3, -0.25) is 9.88 Å². The molecule has 10 heteroatoms. The van der Waals surface area contributed by atoms with Gasteiger partial charge < -0.3 is 18.8 Å². The maximum absolute atomic E-state index is 9.30. The van der Waals surface area contributed by atoms with Crippen LogP contribution in [0.5, 0.6) is 11.5 Å². The van der Waals surface area contributed by atoms with E-state index >= 15 is 0 Å². The van der Waals surface area contributed by atoms with E-state index in [0.717, 1.165) is 80.4 Å². The summed E-state index contributed by atoms with van der Waals surface area (Å²) in [7, 11) is 0. The van der Waals surface area contributed by atoms with Crippen LogP contribution in [-0.4, -0.2) is 50.2 Å². The van der Waals surface area contributed by atoms with Crippen LogP contribution in [0.15, 0.2) is 48.8 Å². The van der Waals surface area contributed by atoms with Gasteiger partial charge in [-0.1, -0.05) is 23.7 Å². The van der Waals surface area contributed by atoms with Gasteiger partial charge >= 0.3 is 0 Å². The van der Waals surface area contributed by atoms with Gasteiger partial charge in [-0.25, -0.2) is 9.97 Å². The molecule has 2 fully saturated rings. The fourth-order valence-corrected chi connectivity index (χ4v) is 6.02. The number of para-hydroxylation sites is 1. The molecule has 1 unspecified atom stereocenters. The Hall–Kier alpha value is -3.71. The van der Waals surface area contributed by atoms with Gasteiger partial charge in [0.05, 0.1) is 41.4 Å². The van der Waals surface area contributed by atoms with Gasteiger partial charge in [0.15, 0.2) is 11.5 Å². The topological polar surface area (TPSA) is 98.3 Å². The first-order valence-corrected chi connectivity index (χ1v) is 14.1. The minimum absolute atomic E-state index is 0.202. The average molecular weight is 557 g/mol. The van der Waals surface area contributed by atoms with Gasteiger partial charge in [-0.15, -0.1) is 0 Å². The Morgan fingerprint density at radius 2 is 1.95 bits per heavy atom. The summed E-state index contributed by atoms with van der Waals surface area (Å²) in [4.78, 5) is 16.1. The van der Waals surface area contributed by atoms with Crippen LogP contribution in [0.25, 0.3) is 11.0 Å². The Morgan fingerprint density at radius 1 is 1.10 bits per heavy atom. The number of nitriles is 1. The number of ether oxygens (including phenoxy) is 3. The highest BCUT2D eigenvalue weighted by Gasteiger charge is 2.42. The van der Waals surface area contributed by atoms with E-state index in [1.54, 1.807) is 24.5 Å². The zero-order valence-corrected chi connectivity index (χ0v) is 23.0. The van der Waals surface area contributed by atoms with Crippen molar-refractivity contribution < 1.29 is 14.2 Å². The van der Waals surface area contributed by atoms with Crippen LogP contribution in [0, 0.1) is 11.3 Å². The molecule has 0 saturated carbocycles. The smallest absolute Gasteiger partial charge is 0.292 e. The SMILES string of the molecule is CC1(c2ccc(Cl)cn2)Oc2cccc(C3CCN(Cc4nc5cc(C#N)ncc5n4C[C@@H]4CCO4)CC3)c2O1. The van der Waals surface area contributed by atoms with Gasteiger partial charge in [0.2, 0.25) is 0 Å². The van der Waals surface area contributed by atoms with Crippen molar-refractivity contribution in [3.63, 3.8) is 0 Å². The molecule has 9 nitrogen and oxygen atoms in total. The van der Waals surface area contributed by atoms with Crippen LogP contribution < -0.4 is 9.47 Å². The minimum Gasteiger partial charge on any atom is -0.443 e. The van der Waals surface area contributed by atoms with Crippen LogP contribution in [0.3, 0.4) is 0 Å². The third-order valence-electron chi connectivity index (χ3n) is 8.20. The lowest BCUT2D eigenvalue weighted by molar-refractivity contribution is -0.0722. The summed E-state index contributed by atoms with van der Waals surface area (Å²) >= 11 is 6.04. The summed E-state index contributed by atoms with van der Waals surface area (Å²) in [5, 5.41) is 9.88. The van der Waals surface area contributed by atoms with Crippen molar-refractivity contribution in [2.24, 2.45) is 0 Å². The summed E-state index contributed by atoms with van der Waals surface area (Å²) in [5.41, 5.74) is 4.01. The zero-order valence-electron chi connectivity index (χ0n) is 22.2. The fraction of sp³-hybridized carbons (Fsp3) is 0.400. The number of fused-ring (bicyclic) bond motifs is 2. The quantitative estimate of drug-likeness (QED) is 0.321. The van der Waals surface area contributed by atoms with Gasteiger partial charge in [-0.2, -0.15) is 5.26 Å². The van der Waals surface area contributed by atoms with Crippen molar-refractivity contribution in [3.05, 3.63) is 76.6 Å². The molecular formula is C30H29ClN6O3. The number of benzene rings is 1. The minimum atomic E-state index is -0.993. The number of nitrogens with zero attached hydrogens (tertiary/aromatic N) is 6. The molecule has 0 radical (unpaired) electrons. The van der Waals surface area contributed by atoms with Gasteiger partial charge in [0, 0.05) is 31.4 Å². The molecule has 1 aromatic carbocycles. The molecule has 3 aliphatic heterocycles. The Labute approximate surface area is 237 Å². The lowest BCUT2D eigenvalue weighted by Gasteiger charge is -2.33. The monoisotopic (exact) mass is 556 g/mol. The normalized spacial score (nSPS) is 22.8. The van der Waals surface area contributed by atoms with Gasteiger partial charge in [-0.05, 0) is 56.5 Å². The van der Waals surface area contributed by atoms with E-state index in [1.165, 1.54) is 5.56 Å². The average Bonchev–Trinajstić information content (AvgIpc) is 3.47. The maximum Gasteiger partial charge on any atom is 0.292 e. The maximum atomic E-state index is 9.30. The lowest BCUT2D eigenvalue weighted by atomic mass is 9.88. The van der Waals surface area contributed by atoms with Crippen molar-refractivity contribution in [1.29, 1.82) is 5.26 Å². The molecule has 6 heterocycles. The van der Waals surface area contributed by atoms with Crippen molar-refractivity contribution in [2.45, 2.75) is 57.1 Å². The first kappa shape index (κ1) is 25.3. The highest BCUT2D eigenvalue weighted by Crippen LogP contribution is 2.49. The molecule has 0 bridgehead atoms. The number of hydrogen-bond donors (Lipinski definition) is 0. The second-order valence-electron chi connectivity index (χ2n) is 10.8. The van der Waals surface area contributed by atoms with E-state index in [9.17, 15) is 5.26 Å². The fourth-order valence-electron chi connectivity index (χ4n) is 5.91. The van der Waals surface area contributed by atoms with Crippen molar-refractivity contribution in [3.8, 4) is 17.6 Å². The van der Waals surface area contributed by atoms with Crippen molar-refractivity contribution in [2.75, 3.05) is 19.7 Å². The highest BCUT2D eigenvalue weighted by atomic mass is 35.5. The van der Waals surface area contributed by atoms with Gasteiger partial charge in [0.25, 0.3) is 5.79 Å². The second-order valence-corrected chi connectivity index (χ2v) is 11.3. The first-order valence-electron chi connectivity index (χ1n) is 13.7. The zero-order chi connectivity index (χ0) is 27.3. The Kier molecular flexibility index (Phi) is 6.34. The molecule has 2 atom stereocenters. The van der Waals surface area contributed by atoms with E-state index < -0.39 is 5.79 Å². The molecule has 7 rings (SSSR count). The summed E-state index contributed by atoms with van der Waals surface area (Å²) < 4.78 is 20.7. The van der Waals surface area contributed by atoms with Crippen LogP contribution in [-0.2, 0) is 23.6 Å². The third kappa shape index (κ3) is 4.56. The van der Waals surface area contributed by atoms with Gasteiger partial charge in [0.1, 0.15) is 23.3 Å². The molecule has 4 aromatic rings. The Balaban J connectivity index is 1.07. The molecule has 0 N–H and O–H groups in total. The number of pyridine rings is 2. The van der Waals surface area contributed by atoms with Crippen molar-refractivity contribution >= 4 is 22.6 Å². The first-order chi connectivity index (χ1) is 19.5. The number of rotatable bonds is 6. The summed E-state index contributed by atoms with van der Waals surface area (Å²) in [6.45, 7) is 6.08. The summed E-state index contributed by atoms with van der Waals surface area (Å²) in [5.74, 6) is 1.91. The van der Waals surface area contributed by atoms with Crippen LogP contribution >= 0.6 is 11.6 Å². The Bertz CT molecular complexity index is 1600. The molecule has 3 aromatic heterocycles. The molecule has 3 aliphatic rings. The molecule has 0 aliphatic carbocycles. The van der Waals surface area contributed by atoms with E-state index in [0.29, 0.717) is 22.3 Å². The molecule has 204 valence electrons. The molecule has 0 amide bonds. The molecule has 2 saturated heterocycles. The van der Waals surface area contributed by atoms with Crippen molar-refractivity contribution in [1.82, 2.24) is 24.4 Å². The van der Waals surface area contributed by atoms with E-state index in [2.05, 4.69) is 31.6 Å². The summed E-state index contributed by atoms with van der Waals surface area (Å²) in [6.07, 6.45) is 6.63. The number of hydrogen-bond acceptors (Lipinski definition) is 8. The predicted octanol–water partition coefficient (Wildman–Crippen LogP) is 5.16. The van der Waals surface area contributed by atoms with Crippen LogP contribution in [0.4, 0.5) is 0 Å². The standard InChI is InChI=1S/C30H29ClN6O3/c1-30(27-6-5-20(31)15-34-27)39-26-4-2-3-23(29(26)40-30)19-7-10-36(11-8-19)18-28-35-24-13-21(14-32)33-16-25(24)37(28)17-22-9-12-38-22/h2-6,13,15-16,19,22H,7-12,17-18H2,1H3/t22-,30?/m0/s1. The number of aromatic nitrogens is 4. The molecular weight excluding hydrogens is 528 g/mol. The van der Waals surface area contributed by atoms with Crippen LogP contribution in [0.2, 0.25) is 5.02 Å². The van der Waals surface area contributed by atoms with E-state index in [4.69, 9.17) is 30.8 Å². The Morgan fingerprint density at radius 3 is 2.67 bits per heavy atom.